The molecule has 1 amide bonds. The number of nitrogens with zero attached hydrogens (tertiary/aromatic N) is 5. The smallest absolute Gasteiger partial charge is 0.273 e. The van der Waals surface area contributed by atoms with Crippen molar-refractivity contribution in [2.24, 2.45) is 0 Å². The van der Waals surface area contributed by atoms with Gasteiger partial charge in [-0.3, -0.25) is 4.79 Å². The van der Waals surface area contributed by atoms with Crippen molar-refractivity contribution in [1.82, 2.24) is 24.9 Å². The Labute approximate surface area is 238 Å². The number of rotatable bonds is 8. The van der Waals surface area contributed by atoms with Gasteiger partial charge in [0.05, 0.1) is 22.8 Å². The molecular weight excluding hydrogens is 572 g/mol. The molecule has 10 nitrogen and oxygen atoms in total. The largest absolute Gasteiger partial charge is 0.394 e. The summed E-state index contributed by atoms with van der Waals surface area (Å²) in [5.74, 6) is -0.812. The fraction of sp³-hybridized carbons (Fsp3) is 0.440. The lowest BCUT2D eigenvalue weighted by Gasteiger charge is -2.43. The van der Waals surface area contributed by atoms with Crippen molar-refractivity contribution in [1.29, 1.82) is 0 Å². The summed E-state index contributed by atoms with van der Waals surface area (Å²) in [7, 11) is 0. The van der Waals surface area contributed by atoms with Crippen LogP contribution < -0.4 is 0 Å². The zero-order valence-electron chi connectivity index (χ0n) is 20.8. The maximum atomic E-state index is 14.1. The van der Waals surface area contributed by atoms with Gasteiger partial charge in [-0.05, 0) is 31.5 Å². The summed E-state index contributed by atoms with van der Waals surface area (Å²) in [5, 5.41) is 29.9. The van der Waals surface area contributed by atoms with E-state index in [9.17, 15) is 19.4 Å². The van der Waals surface area contributed by atoms with Crippen molar-refractivity contribution in [3.05, 3.63) is 58.2 Å². The number of amides is 1. The minimum absolute atomic E-state index is 0.0180. The van der Waals surface area contributed by atoms with Crippen LogP contribution in [0.4, 0.5) is 4.39 Å². The number of likely N-dealkylation sites (tertiary alicyclic amines) is 1. The summed E-state index contributed by atoms with van der Waals surface area (Å²) in [6, 6.07) is 5.07. The second kappa shape index (κ2) is 12.0. The van der Waals surface area contributed by atoms with E-state index in [1.807, 2.05) is 0 Å². The first-order valence-corrected chi connectivity index (χ1v) is 14.0. The van der Waals surface area contributed by atoms with Gasteiger partial charge in [0.1, 0.15) is 47.0 Å². The number of thioether (sulfide) groups is 1. The van der Waals surface area contributed by atoms with Gasteiger partial charge < -0.3 is 24.6 Å². The number of pyridine rings is 1. The van der Waals surface area contributed by atoms with Gasteiger partial charge >= 0.3 is 0 Å². The average Bonchev–Trinajstić information content (AvgIpc) is 3.36. The maximum Gasteiger partial charge on any atom is 0.273 e. The molecule has 2 aliphatic heterocycles. The van der Waals surface area contributed by atoms with Crippen LogP contribution in [0.15, 0.2) is 41.6 Å². The molecule has 3 aromatic rings. The zero-order valence-corrected chi connectivity index (χ0v) is 23.1. The maximum absolute atomic E-state index is 14.1. The molecule has 0 radical (unpaired) electrons. The van der Waals surface area contributed by atoms with Crippen LogP contribution in [-0.4, -0.2) is 91.0 Å². The SMILES string of the molecule is CCOC1[C@@H](Sc2cc(Cl)cnc2C(=O)N2CCC2)OC(CO)[C@H](O)[C@@H]1n1cc(-c2ccc(Cl)c(F)c2)nn1. The third kappa shape index (κ3) is 5.78. The molecule has 0 bridgehead atoms. The van der Waals surface area contributed by atoms with Gasteiger partial charge in [0.15, 0.2) is 0 Å². The fourth-order valence-corrected chi connectivity index (χ4v) is 6.11. The number of carbonyl (C=O) groups is 1. The molecule has 208 valence electrons. The lowest BCUT2D eigenvalue weighted by atomic mass is 9.97. The molecular formula is C25H26Cl2FN5O5S. The number of hydrogen-bond donors (Lipinski definition) is 2. The number of ether oxygens (including phenoxy) is 2. The highest BCUT2D eigenvalue weighted by Crippen LogP contribution is 2.41. The van der Waals surface area contributed by atoms with E-state index in [4.69, 9.17) is 32.7 Å². The van der Waals surface area contributed by atoms with Crippen molar-refractivity contribution in [3.8, 4) is 11.3 Å². The lowest BCUT2D eigenvalue weighted by molar-refractivity contribution is -0.191. The molecule has 14 heteroatoms. The van der Waals surface area contributed by atoms with Crippen molar-refractivity contribution >= 4 is 40.9 Å². The van der Waals surface area contributed by atoms with E-state index in [2.05, 4.69) is 15.3 Å². The van der Waals surface area contributed by atoms with Crippen molar-refractivity contribution in [3.63, 3.8) is 0 Å². The summed E-state index contributed by atoms with van der Waals surface area (Å²) in [6.07, 6.45) is 0.899. The van der Waals surface area contributed by atoms with Crippen molar-refractivity contribution in [2.45, 2.75) is 48.0 Å². The molecule has 0 spiro atoms. The number of aliphatic hydroxyl groups is 2. The molecule has 2 fully saturated rings. The van der Waals surface area contributed by atoms with Crippen LogP contribution in [0, 0.1) is 5.82 Å². The summed E-state index contributed by atoms with van der Waals surface area (Å²) in [4.78, 5) is 19.5. The van der Waals surface area contributed by atoms with E-state index in [0.717, 1.165) is 6.42 Å². The highest BCUT2D eigenvalue weighted by Gasteiger charge is 2.48. The topological polar surface area (TPSA) is 123 Å². The molecule has 4 heterocycles. The highest BCUT2D eigenvalue weighted by atomic mass is 35.5. The second-order valence-corrected chi connectivity index (χ2v) is 11.1. The third-order valence-corrected chi connectivity index (χ3v) is 8.31. The van der Waals surface area contributed by atoms with Gasteiger partial charge in [-0.15, -0.1) is 5.10 Å². The van der Waals surface area contributed by atoms with Crippen LogP contribution in [-0.2, 0) is 9.47 Å². The predicted octanol–water partition coefficient (Wildman–Crippen LogP) is 3.45. The summed E-state index contributed by atoms with van der Waals surface area (Å²) in [5.41, 5.74) is 0.241. The van der Waals surface area contributed by atoms with Gasteiger partial charge in [0.2, 0.25) is 0 Å². The zero-order chi connectivity index (χ0) is 27.7. The minimum atomic E-state index is -1.22. The monoisotopic (exact) mass is 597 g/mol. The van der Waals surface area contributed by atoms with Gasteiger partial charge in [0, 0.05) is 36.4 Å². The Morgan fingerprint density at radius 1 is 1.31 bits per heavy atom. The van der Waals surface area contributed by atoms with Crippen LogP contribution in [0.1, 0.15) is 29.9 Å². The lowest BCUT2D eigenvalue weighted by Crippen LogP contribution is -2.56. The number of halogens is 3. The molecule has 2 aromatic heterocycles. The van der Waals surface area contributed by atoms with E-state index >= 15 is 0 Å². The number of aliphatic hydroxyl groups excluding tert-OH is 2. The molecule has 0 saturated carbocycles. The Balaban J connectivity index is 1.49. The van der Waals surface area contributed by atoms with Gasteiger partial charge in [-0.1, -0.05) is 46.2 Å². The van der Waals surface area contributed by atoms with Crippen LogP contribution in [0.5, 0.6) is 0 Å². The van der Waals surface area contributed by atoms with E-state index in [1.165, 1.54) is 34.8 Å². The highest BCUT2D eigenvalue weighted by molar-refractivity contribution is 8.00. The molecule has 2 unspecified atom stereocenters. The Kier molecular flexibility index (Phi) is 8.72. The van der Waals surface area contributed by atoms with E-state index < -0.39 is 42.2 Å². The predicted molar refractivity (Wildman–Crippen MR) is 142 cm³/mol. The van der Waals surface area contributed by atoms with Crippen LogP contribution >= 0.6 is 35.0 Å². The van der Waals surface area contributed by atoms with Gasteiger partial charge in [-0.25, -0.2) is 14.1 Å². The minimum Gasteiger partial charge on any atom is -0.394 e. The Morgan fingerprint density at radius 3 is 2.77 bits per heavy atom. The molecule has 2 aliphatic rings. The first kappa shape index (κ1) is 28.2. The van der Waals surface area contributed by atoms with E-state index in [-0.39, 0.29) is 23.2 Å². The number of hydrogen-bond acceptors (Lipinski definition) is 9. The van der Waals surface area contributed by atoms with Crippen molar-refractivity contribution < 1.29 is 28.9 Å². The molecule has 5 rings (SSSR count). The second-order valence-electron chi connectivity index (χ2n) is 9.10. The van der Waals surface area contributed by atoms with E-state index in [1.54, 1.807) is 30.2 Å². The molecule has 0 aliphatic carbocycles. The van der Waals surface area contributed by atoms with Crippen molar-refractivity contribution in [2.75, 3.05) is 26.3 Å². The first-order chi connectivity index (χ1) is 18.8. The molecule has 1 aromatic carbocycles. The summed E-state index contributed by atoms with van der Waals surface area (Å²) < 4.78 is 27.6. The fourth-order valence-electron chi connectivity index (χ4n) is 4.50. The quantitative estimate of drug-likeness (QED) is 0.402. The normalized spacial score (nSPS) is 25.0. The van der Waals surface area contributed by atoms with Gasteiger partial charge in [-0.2, -0.15) is 0 Å². The number of aromatic nitrogens is 4. The molecule has 39 heavy (non-hydrogen) atoms. The van der Waals surface area contributed by atoms with Crippen LogP contribution in [0.25, 0.3) is 11.3 Å². The standard InChI is InChI=1S/C25H26Cl2FN5O5S/c1-2-37-23-21(33-11-17(30-31-33)13-4-5-15(27)16(28)8-13)22(35)18(12-34)38-25(23)39-19-9-14(26)10-29-20(19)24(36)32-6-3-7-32/h4-5,8-11,18,21-23,25,34-35H,2-3,6-7,12H2,1H3/t18?,21-,22-,23?,25+/m0/s1. The Morgan fingerprint density at radius 2 is 2.10 bits per heavy atom. The van der Waals surface area contributed by atoms with Crippen LogP contribution in [0.3, 0.4) is 0 Å². The van der Waals surface area contributed by atoms with E-state index in [0.29, 0.717) is 34.3 Å². The Hall–Kier alpha value is -2.32. The molecule has 2 N–H and O–H groups in total. The molecule has 5 atom stereocenters. The first-order valence-electron chi connectivity index (χ1n) is 12.4. The molecule has 2 saturated heterocycles. The third-order valence-electron chi connectivity index (χ3n) is 6.62. The number of carbonyl (C=O) groups excluding carboxylic acids is 1. The summed E-state index contributed by atoms with van der Waals surface area (Å²) in [6.45, 7) is 2.90. The summed E-state index contributed by atoms with van der Waals surface area (Å²) >= 11 is 13.2. The van der Waals surface area contributed by atoms with Gasteiger partial charge in [0.25, 0.3) is 5.91 Å². The van der Waals surface area contributed by atoms with Crippen LogP contribution in [0.2, 0.25) is 10.0 Å². The Bertz CT molecular complexity index is 1350. The average molecular weight is 598 g/mol. The number of benzene rings is 1.